The highest BCUT2D eigenvalue weighted by Gasteiger charge is 2.28. The minimum Gasteiger partial charge on any atom is -0.488 e. The number of carbonyl (C=O) groups is 1. The van der Waals surface area contributed by atoms with Gasteiger partial charge in [0.2, 0.25) is 5.91 Å². The van der Waals surface area contributed by atoms with E-state index in [1.54, 1.807) is 24.9 Å². The van der Waals surface area contributed by atoms with E-state index in [9.17, 15) is 4.79 Å². The SMILES string of the molecule is C[C@@H](Oc1cc(-c2cnccn2)cc2[nH]cnc12)[C@H]1CNC(=O)C1. The lowest BCUT2D eigenvalue weighted by molar-refractivity contribution is -0.119. The highest BCUT2D eigenvalue weighted by atomic mass is 16.5. The van der Waals surface area contributed by atoms with Crippen LogP contribution >= 0.6 is 0 Å². The largest absolute Gasteiger partial charge is 0.488 e. The van der Waals surface area contributed by atoms with Crippen LogP contribution in [0, 0.1) is 5.92 Å². The smallest absolute Gasteiger partial charge is 0.220 e. The number of nitrogens with zero attached hydrogens (tertiary/aromatic N) is 3. The summed E-state index contributed by atoms with van der Waals surface area (Å²) in [6.07, 6.45) is 7.05. The third kappa shape index (κ3) is 2.68. The molecule has 0 radical (unpaired) electrons. The summed E-state index contributed by atoms with van der Waals surface area (Å²) in [5, 5.41) is 2.85. The van der Waals surface area contributed by atoms with Gasteiger partial charge in [0.1, 0.15) is 17.4 Å². The van der Waals surface area contributed by atoms with Crippen LogP contribution in [0.4, 0.5) is 0 Å². The number of benzene rings is 1. The Morgan fingerprint density at radius 2 is 2.21 bits per heavy atom. The molecule has 1 aromatic carbocycles. The molecule has 1 amide bonds. The number of rotatable bonds is 4. The van der Waals surface area contributed by atoms with Crippen molar-refractivity contribution in [3.63, 3.8) is 0 Å². The summed E-state index contributed by atoms with van der Waals surface area (Å²) >= 11 is 0. The summed E-state index contributed by atoms with van der Waals surface area (Å²) < 4.78 is 6.16. The molecule has 0 saturated carbocycles. The number of nitrogens with one attached hydrogen (secondary N) is 2. The molecule has 0 aliphatic carbocycles. The molecule has 3 heterocycles. The van der Waals surface area contributed by atoms with Gasteiger partial charge >= 0.3 is 0 Å². The van der Waals surface area contributed by atoms with Crippen molar-refractivity contribution in [2.45, 2.75) is 19.4 Å². The van der Waals surface area contributed by atoms with Crippen molar-refractivity contribution in [3.8, 4) is 17.0 Å². The van der Waals surface area contributed by atoms with Gasteiger partial charge in [-0.1, -0.05) is 0 Å². The van der Waals surface area contributed by atoms with Crippen molar-refractivity contribution in [3.05, 3.63) is 37.1 Å². The van der Waals surface area contributed by atoms with E-state index in [0.29, 0.717) is 18.7 Å². The zero-order valence-electron chi connectivity index (χ0n) is 13.2. The van der Waals surface area contributed by atoms with E-state index in [4.69, 9.17) is 4.74 Å². The Labute approximate surface area is 138 Å². The molecule has 1 saturated heterocycles. The molecule has 0 spiro atoms. The summed E-state index contributed by atoms with van der Waals surface area (Å²) in [4.78, 5) is 27.3. The van der Waals surface area contributed by atoms with Gasteiger partial charge in [-0.2, -0.15) is 0 Å². The summed E-state index contributed by atoms with van der Waals surface area (Å²) in [6.45, 7) is 2.63. The molecular weight excluding hydrogens is 306 g/mol. The van der Waals surface area contributed by atoms with Crippen LogP contribution in [-0.2, 0) is 4.79 Å². The van der Waals surface area contributed by atoms with Crippen molar-refractivity contribution in [2.24, 2.45) is 5.92 Å². The summed E-state index contributed by atoms with van der Waals surface area (Å²) in [5.41, 5.74) is 3.32. The molecule has 2 atom stereocenters. The van der Waals surface area contributed by atoms with Gasteiger partial charge < -0.3 is 15.0 Å². The second-order valence-corrected chi connectivity index (χ2v) is 5.95. The van der Waals surface area contributed by atoms with E-state index < -0.39 is 0 Å². The molecular formula is C17H17N5O2. The predicted molar refractivity (Wildman–Crippen MR) is 88.3 cm³/mol. The van der Waals surface area contributed by atoms with Gasteiger partial charge in [0.05, 0.1) is 23.7 Å². The number of aromatic amines is 1. The maximum atomic E-state index is 11.4. The van der Waals surface area contributed by atoms with Crippen molar-refractivity contribution >= 4 is 16.9 Å². The van der Waals surface area contributed by atoms with Crippen LogP contribution in [-0.4, -0.2) is 38.5 Å². The quantitative estimate of drug-likeness (QED) is 0.765. The molecule has 1 aliphatic rings. The van der Waals surface area contributed by atoms with Crippen LogP contribution in [0.2, 0.25) is 0 Å². The highest BCUT2D eigenvalue weighted by Crippen LogP contribution is 2.31. The van der Waals surface area contributed by atoms with Crippen molar-refractivity contribution in [1.82, 2.24) is 25.3 Å². The van der Waals surface area contributed by atoms with Gasteiger partial charge in [-0.05, 0) is 19.1 Å². The molecule has 24 heavy (non-hydrogen) atoms. The van der Waals surface area contributed by atoms with E-state index >= 15 is 0 Å². The Balaban J connectivity index is 1.69. The summed E-state index contributed by atoms with van der Waals surface area (Å²) in [6, 6.07) is 3.90. The average molecular weight is 323 g/mol. The Kier molecular flexibility index (Phi) is 3.60. The minimum absolute atomic E-state index is 0.0775. The normalized spacial score (nSPS) is 18.5. The summed E-state index contributed by atoms with van der Waals surface area (Å²) in [5.74, 6) is 0.918. The number of hydrogen-bond acceptors (Lipinski definition) is 5. The Morgan fingerprint density at radius 1 is 1.29 bits per heavy atom. The van der Waals surface area contributed by atoms with Crippen LogP contribution in [0.1, 0.15) is 13.3 Å². The van der Waals surface area contributed by atoms with Gasteiger partial charge in [0.15, 0.2) is 0 Å². The first-order chi connectivity index (χ1) is 11.7. The maximum Gasteiger partial charge on any atom is 0.220 e. The van der Waals surface area contributed by atoms with E-state index in [0.717, 1.165) is 22.3 Å². The second kappa shape index (κ2) is 5.92. The van der Waals surface area contributed by atoms with E-state index in [-0.39, 0.29) is 17.9 Å². The third-order valence-corrected chi connectivity index (χ3v) is 4.33. The molecule has 7 nitrogen and oxygen atoms in total. The number of amides is 1. The van der Waals surface area contributed by atoms with Gasteiger partial charge in [0, 0.05) is 36.8 Å². The molecule has 4 rings (SSSR count). The zero-order valence-corrected chi connectivity index (χ0v) is 13.2. The van der Waals surface area contributed by atoms with Gasteiger partial charge in [-0.3, -0.25) is 14.8 Å². The maximum absolute atomic E-state index is 11.4. The fourth-order valence-electron chi connectivity index (χ4n) is 2.96. The molecule has 2 N–H and O–H groups in total. The second-order valence-electron chi connectivity index (χ2n) is 5.95. The Morgan fingerprint density at radius 3 is 2.96 bits per heavy atom. The first-order valence-corrected chi connectivity index (χ1v) is 7.87. The lowest BCUT2D eigenvalue weighted by atomic mass is 10.0. The standard InChI is InChI=1S/C17H17N5O2/c1-10(12-6-16(23)20-7-12)24-15-5-11(14-8-18-2-3-19-14)4-13-17(15)22-9-21-13/h2-5,8-10,12H,6-7H2,1H3,(H,20,23)(H,21,22)/t10-,12-/m1/s1. The lowest BCUT2D eigenvalue weighted by Crippen LogP contribution is -2.25. The average Bonchev–Trinajstić information content (AvgIpc) is 3.24. The van der Waals surface area contributed by atoms with Gasteiger partial charge in [-0.15, -0.1) is 0 Å². The fourth-order valence-corrected chi connectivity index (χ4v) is 2.96. The minimum atomic E-state index is -0.0963. The number of fused-ring (bicyclic) bond motifs is 1. The summed E-state index contributed by atoms with van der Waals surface area (Å²) in [7, 11) is 0. The van der Waals surface area contributed by atoms with E-state index in [1.165, 1.54) is 0 Å². The van der Waals surface area contributed by atoms with Gasteiger partial charge in [-0.25, -0.2) is 4.98 Å². The van der Waals surface area contributed by atoms with Crippen LogP contribution in [0.25, 0.3) is 22.3 Å². The van der Waals surface area contributed by atoms with Crippen molar-refractivity contribution < 1.29 is 9.53 Å². The van der Waals surface area contributed by atoms with E-state index in [1.807, 2.05) is 19.1 Å². The molecule has 1 fully saturated rings. The Bertz CT molecular complexity index is 877. The monoisotopic (exact) mass is 323 g/mol. The molecule has 122 valence electrons. The molecule has 1 aliphatic heterocycles. The molecule has 0 bridgehead atoms. The fraction of sp³-hybridized carbons (Fsp3) is 0.294. The number of carbonyl (C=O) groups excluding carboxylic acids is 1. The highest BCUT2D eigenvalue weighted by molar-refractivity contribution is 5.86. The van der Waals surface area contributed by atoms with Crippen LogP contribution in [0.5, 0.6) is 5.75 Å². The zero-order chi connectivity index (χ0) is 16.5. The molecule has 0 unspecified atom stereocenters. The molecule has 2 aromatic heterocycles. The number of aromatic nitrogens is 4. The Hall–Kier alpha value is -2.96. The van der Waals surface area contributed by atoms with Crippen molar-refractivity contribution in [2.75, 3.05) is 6.54 Å². The lowest BCUT2D eigenvalue weighted by Gasteiger charge is -2.20. The first-order valence-electron chi connectivity index (χ1n) is 7.87. The van der Waals surface area contributed by atoms with Crippen molar-refractivity contribution in [1.29, 1.82) is 0 Å². The van der Waals surface area contributed by atoms with Gasteiger partial charge in [0.25, 0.3) is 0 Å². The number of ether oxygens (including phenoxy) is 1. The molecule has 7 heteroatoms. The van der Waals surface area contributed by atoms with Crippen LogP contribution < -0.4 is 10.1 Å². The first kappa shape index (κ1) is 14.6. The third-order valence-electron chi connectivity index (χ3n) is 4.33. The number of hydrogen-bond donors (Lipinski definition) is 2. The van der Waals surface area contributed by atoms with Crippen LogP contribution in [0.3, 0.4) is 0 Å². The molecule has 3 aromatic rings. The van der Waals surface area contributed by atoms with E-state index in [2.05, 4.69) is 25.3 Å². The topological polar surface area (TPSA) is 92.8 Å². The number of imidazole rings is 1. The van der Waals surface area contributed by atoms with Crippen LogP contribution in [0.15, 0.2) is 37.1 Å². The number of H-pyrrole nitrogens is 1. The predicted octanol–water partition coefficient (Wildman–Crippen LogP) is 1.92.